The molecule has 0 spiro atoms. The first-order chi connectivity index (χ1) is 8.74. The first-order valence-electron chi connectivity index (χ1n) is 7.19. The van der Waals surface area contributed by atoms with E-state index in [1.165, 1.54) is 0 Å². The first kappa shape index (κ1) is 19.1. The van der Waals surface area contributed by atoms with Crippen molar-refractivity contribution in [2.75, 3.05) is 12.3 Å². The second-order valence-corrected chi connectivity index (χ2v) is 6.70. The minimum Gasteiger partial charge on any atom is -0.314 e. The number of unbranched alkanes of at least 4 members (excludes halogenated alkanes) is 1. The van der Waals surface area contributed by atoms with Crippen molar-refractivity contribution in [1.29, 1.82) is 0 Å². The highest BCUT2D eigenvalue weighted by Crippen LogP contribution is 2.37. The van der Waals surface area contributed by atoms with Crippen LogP contribution >= 0.6 is 11.8 Å². The van der Waals surface area contributed by atoms with E-state index in [0.717, 1.165) is 32.2 Å². The standard InChI is InChI=1S/C14H28F3NS/c1-5-7-8-13(6-2,11-18-12(3)4)9-10-19-14(15,16)17/h12,18H,5-11H2,1-4H3. The number of thioether (sulfide) groups is 1. The van der Waals surface area contributed by atoms with Gasteiger partial charge in [-0.25, -0.2) is 0 Å². The zero-order valence-corrected chi connectivity index (χ0v) is 13.4. The van der Waals surface area contributed by atoms with E-state index in [1.807, 2.05) is 0 Å². The van der Waals surface area contributed by atoms with Crippen molar-refractivity contribution in [3.63, 3.8) is 0 Å². The number of hydrogen-bond acceptors (Lipinski definition) is 2. The second-order valence-electron chi connectivity index (χ2n) is 5.54. The zero-order chi connectivity index (χ0) is 14.9. The average Bonchev–Trinajstić information content (AvgIpc) is 2.30. The highest BCUT2D eigenvalue weighted by atomic mass is 32.2. The summed E-state index contributed by atoms with van der Waals surface area (Å²) in [6, 6.07) is 0.378. The lowest BCUT2D eigenvalue weighted by atomic mass is 9.77. The summed E-state index contributed by atoms with van der Waals surface area (Å²) in [7, 11) is 0. The fourth-order valence-electron chi connectivity index (χ4n) is 2.14. The summed E-state index contributed by atoms with van der Waals surface area (Å²) >= 11 is 0.116. The molecule has 0 fully saturated rings. The van der Waals surface area contributed by atoms with E-state index in [1.54, 1.807) is 0 Å². The molecule has 0 aromatic rings. The van der Waals surface area contributed by atoms with E-state index in [2.05, 4.69) is 33.0 Å². The summed E-state index contributed by atoms with van der Waals surface area (Å²) in [6.45, 7) is 9.19. The van der Waals surface area contributed by atoms with Crippen LogP contribution in [0.5, 0.6) is 0 Å². The zero-order valence-electron chi connectivity index (χ0n) is 12.6. The van der Waals surface area contributed by atoms with E-state index in [9.17, 15) is 13.2 Å². The molecular formula is C14H28F3NS. The van der Waals surface area contributed by atoms with Gasteiger partial charge < -0.3 is 5.32 Å². The fourth-order valence-corrected chi connectivity index (χ4v) is 2.90. The van der Waals surface area contributed by atoms with Crippen molar-refractivity contribution in [2.45, 2.75) is 71.3 Å². The molecule has 0 saturated carbocycles. The quantitative estimate of drug-likeness (QED) is 0.594. The maximum Gasteiger partial charge on any atom is 0.441 e. The van der Waals surface area contributed by atoms with Gasteiger partial charge in [0, 0.05) is 18.3 Å². The lowest BCUT2D eigenvalue weighted by molar-refractivity contribution is -0.0329. The molecule has 0 aromatic carbocycles. The molecule has 1 unspecified atom stereocenters. The minimum atomic E-state index is -4.10. The predicted octanol–water partition coefficient (Wildman–Crippen LogP) is 5.21. The van der Waals surface area contributed by atoms with Crippen molar-refractivity contribution in [2.24, 2.45) is 5.41 Å². The van der Waals surface area contributed by atoms with Crippen molar-refractivity contribution >= 4 is 11.8 Å². The number of hydrogen-bond donors (Lipinski definition) is 1. The SMILES string of the molecule is CCCCC(CC)(CCSC(F)(F)F)CNC(C)C. The van der Waals surface area contributed by atoms with E-state index < -0.39 is 5.51 Å². The molecule has 1 atom stereocenters. The lowest BCUT2D eigenvalue weighted by Crippen LogP contribution is -2.38. The molecule has 0 radical (unpaired) electrons. The van der Waals surface area contributed by atoms with Crippen LogP contribution in [-0.2, 0) is 0 Å². The van der Waals surface area contributed by atoms with Gasteiger partial charge in [0.2, 0.25) is 0 Å². The number of halogens is 3. The van der Waals surface area contributed by atoms with E-state index in [0.29, 0.717) is 12.5 Å². The van der Waals surface area contributed by atoms with Crippen molar-refractivity contribution in [1.82, 2.24) is 5.32 Å². The smallest absolute Gasteiger partial charge is 0.314 e. The van der Waals surface area contributed by atoms with Crippen LogP contribution in [0.3, 0.4) is 0 Å². The monoisotopic (exact) mass is 299 g/mol. The van der Waals surface area contributed by atoms with Gasteiger partial charge in [0.15, 0.2) is 0 Å². The van der Waals surface area contributed by atoms with Gasteiger partial charge in [-0.1, -0.05) is 52.3 Å². The summed E-state index contributed by atoms with van der Waals surface area (Å²) in [5.41, 5.74) is -4.09. The van der Waals surface area contributed by atoms with Crippen molar-refractivity contribution < 1.29 is 13.2 Å². The van der Waals surface area contributed by atoms with Gasteiger partial charge in [-0.05, 0) is 24.7 Å². The summed E-state index contributed by atoms with van der Waals surface area (Å²) in [4.78, 5) is 0. The third kappa shape index (κ3) is 9.61. The first-order valence-corrected chi connectivity index (χ1v) is 8.17. The molecule has 19 heavy (non-hydrogen) atoms. The van der Waals surface area contributed by atoms with E-state index >= 15 is 0 Å². The third-order valence-electron chi connectivity index (χ3n) is 3.59. The topological polar surface area (TPSA) is 12.0 Å². The molecule has 0 heterocycles. The molecule has 0 aliphatic rings. The summed E-state index contributed by atoms with van der Waals surface area (Å²) in [5, 5.41) is 3.40. The van der Waals surface area contributed by atoms with Gasteiger partial charge in [-0.2, -0.15) is 13.2 Å². The molecule has 0 aliphatic heterocycles. The third-order valence-corrected chi connectivity index (χ3v) is 4.33. The number of alkyl halides is 3. The number of rotatable bonds is 10. The highest BCUT2D eigenvalue weighted by molar-refractivity contribution is 8.00. The number of nitrogens with one attached hydrogen (secondary N) is 1. The van der Waals surface area contributed by atoms with Gasteiger partial charge in [-0.3, -0.25) is 0 Å². The van der Waals surface area contributed by atoms with Crippen LogP contribution in [0.2, 0.25) is 0 Å². The Kier molecular flexibility index (Phi) is 9.16. The van der Waals surface area contributed by atoms with Crippen molar-refractivity contribution in [3.8, 4) is 0 Å². The van der Waals surface area contributed by atoms with Gasteiger partial charge in [0.1, 0.15) is 0 Å². The highest BCUT2D eigenvalue weighted by Gasteiger charge is 2.32. The normalized spacial score (nSPS) is 15.8. The summed E-state index contributed by atoms with van der Waals surface area (Å²) < 4.78 is 36.7. The second kappa shape index (κ2) is 9.11. The molecule has 0 rings (SSSR count). The Balaban J connectivity index is 4.43. The maximum atomic E-state index is 12.2. The molecule has 1 nitrogen and oxygen atoms in total. The Morgan fingerprint density at radius 1 is 1.11 bits per heavy atom. The molecule has 0 saturated heterocycles. The van der Waals surface area contributed by atoms with E-state index in [4.69, 9.17) is 0 Å². The molecule has 0 bridgehead atoms. The Morgan fingerprint density at radius 3 is 2.16 bits per heavy atom. The fraction of sp³-hybridized carbons (Fsp3) is 1.00. The summed E-state index contributed by atoms with van der Waals surface area (Å²) in [5.74, 6) is 0.167. The molecule has 0 amide bonds. The lowest BCUT2D eigenvalue weighted by Gasteiger charge is -2.34. The maximum absolute atomic E-state index is 12.2. The molecule has 116 valence electrons. The Bertz CT molecular complexity index is 231. The van der Waals surface area contributed by atoms with Crippen LogP contribution in [0.25, 0.3) is 0 Å². The predicted molar refractivity (Wildman–Crippen MR) is 78.5 cm³/mol. The summed E-state index contributed by atoms with van der Waals surface area (Å²) in [6.07, 6.45) is 4.76. The van der Waals surface area contributed by atoms with Gasteiger partial charge in [0.05, 0.1) is 0 Å². The van der Waals surface area contributed by atoms with E-state index in [-0.39, 0.29) is 22.9 Å². The molecular weight excluding hydrogens is 271 g/mol. The van der Waals surface area contributed by atoms with Gasteiger partial charge >= 0.3 is 5.51 Å². The van der Waals surface area contributed by atoms with Crippen molar-refractivity contribution in [3.05, 3.63) is 0 Å². The van der Waals surface area contributed by atoms with Crippen LogP contribution in [0.15, 0.2) is 0 Å². The Labute approximate surface area is 120 Å². The molecule has 0 aliphatic carbocycles. The van der Waals surface area contributed by atoms with Crippen LogP contribution in [-0.4, -0.2) is 23.8 Å². The molecule has 0 aromatic heterocycles. The van der Waals surface area contributed by atoms with Crippen LogP contribution in [0.4, 0.5) is 13.2 Å². The molecule has 1 N–H and O–H groups in total. The van der Waals surface area contributed by atoms with Crippen LogP contribution < -0.4 is 5.32 Å². The minimum absolute atomic E-state index is 0.0124. The Hall–Kier alpha value is 0.1000. The average molecular weight is 299 g/mol. The van der Waals surface area contributed by atoms with Crippen LogP contribution in [0.1, 0.15) is 59.8 Å². The van der Waals surface area contributed by atoms with Gasteiger partial charge in [-0.15, -0.1) is 0 Å². The Morgan fingerprint density at radius 2 is 1.74 bits per heavy atom. The van der Waals surface area contributed by atoms with Crippen LogP contribution in [0, 0.1) is 5.41 Å². The molecule has 5 heteroatoms. The largest absolute Gasteiger partial charge is 0.441 e. The van der Waals surface area contributed by atoms with Gasteiger partial charge in [0.25, 0.3) is 0 Å².